The van der Waals surface area contributed by atoms with Crippen LogP contribution in [0.4, 0.5) is 5.69 Å². The monoisotopic (exact) mass is 527 g/mol. The van der Waals surface area contributed by atoms with E-state index in [1.165, 1.54) is 22.2 Å². The number of anilines is 1. The number of thiophene rings is 1. The Hall–Kier alpha value is -4.33. The highest BCUT2D eigenvalue weighted by Crippen LogP contribution is 2.30. The largest absolute Gasteiger partial charge is 0.509 e. The summed E-state index contributed by atoms with van der Waals surface area (Å²) in [6.07, 6.45) is 1.32. The van der Waals surface area contributed by atoms with Crippen molar-refractivity contribution in [1.82, 2.24) is 14.5 Å². The molecule has 2 N–H and O–H groups in total. The van der Waals surface area contributed by atoms with Crippen LogP contribution in [0.3, 0.4) is 0 Å². The summed E-state index contributed by atoms with van der Waals surface area (Å²) in [6, 6.07) is 15.2. The quantitative estimate of drug-likeness (QED) is 0.222. The van der Waals surface area contributed by atoms with Crippen LogP contribution in [-0.4, -0.2) is 25.5 Å². The van der Waals surface area contributed by atoms with Gasteiger partial charge in [-0.05, 0) is 50.1 Å². The van der Waals surface area contributed by atoms with E-state index < -0.39 is 5.56 Å². The van der Waals surface area contributed by atoms with Crippen molar-refractivity contribution >= 4 is 60.3 Å². The summed E-state index contributed by atoms with van der Waals surface area (Å²) in [5.41, 5.74) is 3.58. The molecule has 0 radical (unpaired) electrons. The van der Waals surface area contributed by atoms with Crippen molar-refractivity contribution < 1.29 is 9.90 Å². The molecule has 3 aromatic heterocycles. The van der Waals surface area contributed by atoms with Gasteiger partial charge in [0, 0.05) is 5.69 Å². The van der Waals surface area contributed by atoms with Crippen molar-refractivity contribution in [3.05, 3.63) is 91.5 Å². The van der Waals surface area contributed by atoms with Gasteiger partial charge in [0.05, 0.1) is 33.4 Å². The lowest BCUT2D eigenvalue weighted by Crippen LogP contribution is -2.22. The summed E-state index contributed by atoms with van der Waals surface area (Å²) >= 11 is 2.43. The number of allylic oxidation sites excluding steroid dienone is 2. The number of rotatable bonds is 5. The van der Waals surface area contributed by atoms with E-state index in [0.717, 1.165) is 32.7 Å². The zero-order valence-electron chi connectivity index (χ0n) is 20.2. The van der Waals surface area contributed by atoms with Gasteiger partial charge in [-0.3, -0.25) is 14.2 Å². The lowest BCUT2D eigenvalue weighted by Gasteiger charge is -2.08. The van der Waals surface area contributed by atoms with E-state index in [9.17, 15) is 20.0 Å². The molecule has 37 heavy (non-hydrogen) atoms. The molecule has 184 valence electrons. The van der Waals surface area contributed by atoms with E-state index in [2.05, 4.69) is 15.3 Å². The Morgan fingerprint density at radius 2 is 1.95 bits per heavy atom. The molecule has 0 bridgehead atoms. The molecule has 0 saturated carbocycles. The maximum absolute atomic E-state index is 13.3. The molecular weight excluding hydrogens is 506 g/mol. The lowest BCUT2D eigenvalue weighted by molar-refractivity contribution is 0.103. The second kappa shape index (κ2) is 9.61. The van der Waals surface area contributed by atoms with Gasteiger partial charge in [0.2, 0.25) is 0 Å². The first-order chi connectivity index (χ1) is 17.8. The molecular formula is C27H21N5O3S2. The number of thiazole rings is 1. The number of aryl methyl sites for hydroxylation is 3. The smallest absolute Gasteiger partial charge is 0.266 e. The second-order valence-electron chi connectivity index (χ2n) is 8.61. The van der Waals surface area contributed by atoms with E-state index in [-0.39, 0.29) is 23.8 Å². The lowest BCUT2D eigenvalue weighted by atomic mass is 10.1. The molecule has 0 spiro atoms. The Morgan fingerprint density at radius 3 is 2.68 bits per heavy atom. The van der Waals surface area contributed by atoms with Gasteiger partial charge in [-0.15, -0.1) is 22.7 Å². The first-order valence-corrected chi connectivity index (χ1v) is 13.0. The highest BCUT2D eigenvalue weighted by Gasteiger charge is 2.21. The van der Waals surface area contributed by atoms with Crippen LogP contribution in [0.25, 0.3) is 26.0 Å². The molecule has 0 aliphatic rings. The Kier molecular flexibility index (Phi) is 6.33. The molecule has 5 rings (SSSR count). The average molecular weight is 528 g/mol. The number of aliphatic hydroxyl groups excluding tert-OH is 1. The molecule has 0 atom stereocenters. The first kappa shape index (κ1) is 24.4. The van der Waals surface area contributed by atoms with Crippen molar-refractivity contribution in [2.24, 2.45) is 0 Å². The van der Waals surface area contributed by atoms with Crippen LogP contribution in [0.15, 0.2) is 59.3 Å². The van der Waals surface area contributed by atoms with Crippen molar-refractivity contribution in [2.75, 3.05) is 5.32 Å². The fourth-order valence-corrected chi connectivity index (χ4v) is 6.09. The molecule has 8 nitrogen and oxygen atoms in total. The Balaban J connectivity index is 1.48. The minimum Gasteiger partial charge on any atom is -0.509 e. The van der Waals surface area contributed by atoms with Crippen LogP contribution in [0.5, 0.6) is 0 Å². The molecule has 5 aromatic rings. The highest BCUT2D eigenvalue weighted by atomic mass is 32.1. The number of hydrogen-bond acceptors (Lipinski definition) is 8. The third kappa shape index (κ3) is 4.50. The van der Waals surface area contributed by atoms with Crippen molar-refractivity contribution in [3.8, 4) is 6.07 Å². The molecule has 0 aliphatic heterocycles. The van der Waals surface area contributed by atoms with E-state index >= 15 is 0 Å². The molecule has 2 aromatic carbocycles. The summed E-state index contributed by atoms with van der Waals surface area (Å²) in [7, 11) is 0. The van der Waals surface area contributed by atoms with Crippen molar-refractivity contribution in [3.63, 3.8) is 0 Å². The van der Waals surface area contributed by atoms with Crippen LogP contribution < -0.4 is 10.9 Å². The van der Waals surface area contributed by atoms with Gasteiger partial charge in [-0.25, -0.2) is 9.97 Å². The average Bonchev–Trinajstić information content (AvgIpc) is 3.44. The normalized spacial score (nSPS) is 11.9. The Bertz CT molecular complexity index is 1810. The zero-order valence-corrected chi connectivity index (χ0v) is 21.8. The Morgan fingerprint density at radius 1 is 1.16 bits per heavy atom. The fraction of sp³-hybridized carbons (Fsp3) is 0.148. The summed E-state index contributed by atoms with van der Waals surface area (Å²) in [5.74, 6) is -0.603. The SMILES string of the molecule is Cc1ccc(NC(=O)c2sc3ncn(C/C(O)=C(\C#N)c4nc5ccccc5s4)c(=O)c3c2C)c(C)c1. The number of nitrogens with one attached hydrogen (secondary N) is 1. The topological polar surface area (TPSA) is 121 Å². The zero-order chi connectivity index (χ0) is 26.3. The van der Waals surface area contributed by atoms with E-state index in [0.29, 0.717) is 31.4 Å². The number of aromatic nitrogens is 3. The van der Waals surface area contributed by atoms with Crippen LogP contribution in [0.2, 0.25) is 0 Å². The van der Waals surface area contributed by atoms with Gasteiger partial charge >= 0.3 is 0 Å². The fourth-order valence-electron chi connectivity index (χ4n) is 4.08. The van der Waals surface area contributed by atoms with Gasteiger partial charge in [0.25, 0.3) is 11.5 Å². The van der Waals surface area contributed by atoms with Crippen LogP contribution in [0, 0.1) is 32.1 Å². The van der Waals surface area contributed by atoms with Gasteiger partial charge in [-0.1, -0.05) is 29.8 Å². The van der Waals surface area contributed by atoms with Gasteiger partial charge in [0.15, 0.2) is 0 Å². The predicted octanol–water partition coefficient (Wildman–Crippen LogP) is 5.74. The second-order valence-corrected chi connectivity index (χ2v) is 10.6. The predicted molar refractivity (Wildman–Crippen MR) is 147 cm³/mol. The number of hydrogen-bond donors (Lipinski definition) is 2. The van der Waals surface area contributed by atoms with Gasteiger partial charge < -0.3 is 10.4 Å². The molecule has 0 aliphatic carbocycles. The number of amides is 1. The van der Waals surface area contributed by atoms with E-state index in [1.54, 1.807) is 6.92 Å². The van der Waals surface area contributed by atoms with Crippen LogP contribution >= 0.6 is 22.7 Å². The van der Waals surface area contributed by atoms with Crippen LogP contribution in [0.1, 0.15) is 31.4 Å². The van der Waals surface area contributed by atoms with E-state index in [1.807, 2.05) is 62.4 Å². The number of para-hydroxylation sites is 1. The van der Waals surface area contributed by atoms with Crippen LogP contribution in [-0.2, 0) is 6.54 Å². The standard InChI is InChI=1S/C27H21N5O3S2/c1-14-8-9-18(15(2)10-14)30-24(34)23-16(3)22-26(37-23)29-13-32(27(22)35)12-20(33)17(11-28)25-31-19-6-4-5-7-21(19)36-25/h4-10,13,33H,12H2,1-3H3,(H,30,34)/b20-17-. The molecule has 0 fully saturated rings. The summed E-state index contributed by atoms with van der Waals surface area (Å²) in [6.45, 7) is 5.36. The molecule has 3 heterocycles. The number of nitriles is 1. The summed E-state index contributed by atoms with van der Waals surface area (Å²) < 4.78 is 2.12. The summed E-state index contributed by atoms with van der Waals surface area (Å²) in [5, 5.41) is 24.1. The molecule has 10 heteroatoms. The summed E-state index contributed by atoms with van der Waals surface area (Å²) in [4.78, 5) is 36.0. The minimum absolute atomic E-state index is 0.00349. The highest BCUT2D eigenvalue weighted by molar-refractivity contribution is 7.20. The van der Waals surface area contributed by atoms with E-state index in [4.69, 9.17) is 0 Å². The number of benzene rings is 2. The number of carbonyl (C=O) groups is 1. The molecule has 1 amide bonds. The first-order valence-electron chi connectivity index (χ1n) is 11.3. The number of nitrogens with zero attached hydrogens (tertiary/aromatic N) is 4. The van der Waals surface area contributed by atoms with Gasteiger partial charge in [0.1, 0.15) is 27.2 Å². The maximum atomic E-state index is 13.3. The molecule has 0 saturated heterocycles. The number of carbonyl (C=O) groups excluding carboxylic acids is 1. The van der Waals surface area contributed by atoms with Crippen molar-refractivity contribution in [1.29, 1.82) is 5.26 Å². The van der Waals surface area contributed by atoms with Gasteiger partial charge in [-0.2, -0.15) is 5.26 Å². The Labute approximate surface area is 219 Å². The number of aliphatic hydroxyl groups is 1. The molecule has 0 unspecified atom stereocenters. The van der Waals surface area contributed by atoms with Crippen molar-refractivity contribution in [2.45, 2.75) is 27.3 Å². The number of fused-ring (bicyclic) bond motifs is 2. The maximum Gasteiger partial charge on any atom is 0.266 e. The third-order valence-electron chi connectivity index (χ3n) is 5.98. The minimum atomic E-state index is -0.405. The third-order valence-corrected chi connectivity index (χ3v) is 8.23.